The van der Waals surface area contributed by atoms with E-state index >= 15 is 0 Å². The Morgan fingerprint density at radius 2 is 1.76 bits per heavy atom. The van der Waals surface area contributed by atoms with Crippen LogP contribution in [0.15, 0.2) is 18.2 Å². The molecule has 2 aliphatic heterocycles. The largest absolute Gasteiger partial charge is 0.504 e. The minimum absolute atomic E-state index is 0.210. The third-order valence-corrected chi connectivity index (χ3v) is 5.52. The van der Waals surface area contributed by atoms with Gasteiger partial charge in [-0.25, -0.2) is 0 Å². The minimum Gasteiger partial charge on any atom is -0.504 e. The van der Waals surface area contributed by atoms with Crippen molar-refractivity contribution in [1.29, 1.82) is 0 Å². The van der Waals surface area contributed by atoms with Gasteiger partial charge in [-0.2, -0.15) is 0 Å². The molecular weight excluding hydrogens is 316 g/mol. The van der Waals surface area contributed by atoms with Gasteiger partial charge in [-0.3, -0.25) is 9.80 Å². The molecule has 0 aromatic heterocycles. The van der Waals surface area contributed by atoms with E-state index in [1.165, 1.54) is 5.56 Å². The molecule has 0 bridgehead atoms. The summed E-state index contributed by atoms with van der Waals surface area (Å²) in [4.78, 5) is 7.66. The van der Waals surface area contributed by atoms with Crippen LogP contribution in [0.4, 0.5) is 0 Å². The Labute approximate surface area is 151 Å². The average molecular weight is 348 g/mol. The van der Waals surface area contributed by atoms with Crippen molar-refractivity contribution in [2.75, 3.05) is 72.6 Å². The molecule has 2 N–H and O–H groups in total. The highest BCUT2D eigenvalue weighted by molar-refractivity contribution is 5.42. The molecule has 2 heterocycles. The highest BCUT2D eigenvalue weighted by Gasteiger charge is 2.27. The lowest BCUT2D eigenvalue weighted by Crippen LogP contribution is -2.51. The summed E-state index contributed by atoms with van der Waals surface area (Å²) in [6.45, 7) is 13.2. The van der Waals surface area contributed by atoms with E-state index in [9.17, 15) is 5.11 Å². The number of nitrogens with zero attached hydrogens (tertiary/aromatic N) is 3. The second kappa shape index (κ2) is 8.85. The number of hydrogen-bond acceptors (Lipinski definition) is 6. The maximum absolute atomic E-state index is 9.94. The molecule has 0 saturated carbocycles. The number of rotatable bonds is 6. The van der Waals surface area contributed by atoms with Gasteiger partial charge in [0.05, 0.1) is 7.11 Å². The maximum atomic E-state index is 9.94. The van der Waals surface area contributed by atoms with Gasteiger partial charge in [-0.05, 0) is 24.2 Å². The highest BCUT2D eigenvalue weighted by Crippen LogP contribution is 2.32. The summed E-state index contributed by atoms with van der Waals surface area (Å²) < 4.78 is 5.34. The fourth-order valence-electron chi connectivity index (χ4n) is 3.86. The van der Waals surface area contributed by atoms with Gasteiger partial charge in [0.1, 0.15) is 0 Å². The van der Waals surface area contributed by atoms with E-state index in [2.05, 4.69) is 26.9 Å². The van der Waals surface area contributed by atoms with Crippen LogP contribution >= 0.6 is 0 Å². The number of nitrogens with one attached hydrogen (secondary N) is 1. The maximum Gasteiger partial charge on any atom is 0.160 e. The lowest BCUT2D eigenvalue weighted by molar-refractivity contribution is 0.0855. The van der Waals surface area contributed by atoms with Crippen molar-refractivity contribution in [2.45, 2.75) is 13.0 Å². The number of benzene rings is 1. The molecule has 2 fully saturated rings. The van der Waals surface area contributed by atoms with Crippen LogP contribution in [0, 0.1) is 0 Å². The van der Waals surface area contributed by atoms with Crippen LogP contribution in [-0.2, 0) is 0 Å². The van der Waals surface area contributed by atoms with Gasteiger partial charge in [0, 0.05) is 64.9 Å². The third-order valence-electron chi connectivity index (χ3n) is 5.52. The molecule has 140 valence electrons. The number of methoxy groups -OCH3 is 1. The van der Waals surface area contributed by atoms with E-state index in [-0.39, 0.29) is 5.75 Å². The van der Waals surface area contributed by atoms with E-state index in [4.69, 9.17) is 4.74 Å². The topological polar surface area (TPSA) is 51.2 Å². The van der Waals surface area contributed by atoms with Crippen LogP contribution in [0.1, 0.15) is 18.5 Å². The SMILES string of the molecule is CCN1CCN(CC(c2ccc(O)c(OC)c2)N2CCNCC2)CC1. The Bertz CT molecular complexity index is 540. The zero-order valence-corrected chi connectivity index (χ0v) is 15.6. The first-order chi connectivity index (χ1) is 12.2. The molecule has 0 aliphatic carbocycles. The first-order valence-electron chi connectivity index (χ1n) is 9.47. The van der Waals surface area contributed by atoms with Gasteiger partial charge in [0.2, 0.25) is 0 Å². The number of ether oxygens (including phenoxy) is 1. The lowest BCUT2D eigenvalue weighted by atomic mass is 10.0. The lowest BCUT2D eigenvalue weighted by Gasteiger charge is -2.41. The molecular formula is C19H32N4O2. The van der Waals surface area contributed by atoms with E-state index in [1.54, 1.807) is 13.2 Å². The number of hydrogen-bond donors (Lipinski definition) is 2. The zero-order chi connectivity index (χ0) is 17.6. The molecule has 0 radical (unpaired) electrons. The zero-order valence-electron chi connectivity index (χ0n) is 15.6. The van der Waals surface area contributed by atoms with Crippen LogP contribution in [0.2, 0.25) is 0 Å². The molecule has 1 atom stereocenters. The molecule has 6 nitrogen and oxygen atoms in total. The van der Waals surface area contributed by atoms with Gasteiger partial charge < -0.3 is 20.1 Å². The molecule has 3 rings (SSSR count). The fraction of sp³-hybridized carbons (Fsp3) is 0.684. The van der Waals surface area contributed by atoms with Gasteiger partial charge in [0.25, 0.3) is 0 Å². The van der Waals surface area contributed by atoms with Crippen LogP contribution in [0.25, 0.3) is 0 Å². The van der Waals surface area contributed by atoms with Crippen LogP contribution in [-0.4, -0.2) is 92.4 Å². The van der Waals surface area contributed by atoms with Crippen molar-refractivity contribution in [3.05, 3.63) is 23.8 Å². The molecule has 6 heteroatoms. The predicted molar refractivity (Wildman–Crippen MR) is 100 cm³/mol. The molecule has 2 aliphatic rings. The number of piperazine rings is 2. The summed E-state index contributed by atoms with van der Waals surface area (Å²) in [5.41, 5.74) is 1.23. The monoisotopic (exact) mass is 348 g/mol. The molecule has 1 aromatic carbocycles. The van der Waals surface area contributed by atoms with Crippen molar-refractivity contribution >= 4 is 0 Å². The molecule has 25 heavy (non-hydrogen) atoms. The van der Waals surface area contributed by atoms with E-state index in [0.29, 0.717) is 11.8 Å². The van der Waals surface area contributed by atoms with Gasteiger partial charge in [0.15, 0.2) is 11.5 Å². The third kappa shape index (κ3) is 4.64. The highest BCUT2D eigenvalue weighted by atomic mass is 16.5. The second-order valence-electron chi connectivity index (χ2n) is 6.97. The molecule has 0 amide bonds. The first-order valence-corrected chi connectivity index (χ1v) is 9.47. The summed E-state index contributed by atoms with van der Waals surface area (Å²) in [7, 11) is 1.61. The quantitative estimate of drug-likeness (QED) is 0.800. The summed E-state index contributed by atoms with van der Waals surface area (Å²) in [6, 6.07) is 6.15. The normalized spacial score (nSPS) is 22.0. The Balaban J connectivity index is 1.75. The summed E-state index contributed by atoms with van der Waals surface area (Å²) >= 11 is 0. The van der Waals surface area contributed by atoms with Crippen molar-refractivity contribution in [3.8, 4) is 11.5 Å². The van der Waals surface area contributed by atoms with Crippen molar-refractivity contribution < 1.29 is 9.84 Å². The standard InChI is InChI=1S/C19H32N4O2/c1-3-21-10-12-22(13-11-21)15-17(23-8-6-20-7-9-23)16-4-5-18(24)19(14-16)25-2/h4-5,14,17,20,24H,3,6-13,15H2,1-2H3. The Morgan fingerprint density at radius 1 is 1.08 bits per heavy atom. The van der Waals surface area contributed by atoms with Crippen LogP contribution in [0.5, 0.6) is 11.5 Å². The molecule has 0 spiro atoms. The van der Waals surface area contributed by atoms with Crippen molar-refractivity contribution in [1.82, 2.24) is 20.0 Å². The number of likely N-dealkylation sites (N-methyl/N-ethyl adjacent to an activating group) is 1. The first kappa shape index (κ1) is 18.5. The van der Waals surface area contributed by atoms with Gasteiger partial charge in [-0.15, -0.1) is 0 Å². The van der Waals surface area contributed by atoms with E-state index < -0.39 is 0 Å². The van der Waals surface area contributed by atoms with E-state index in [0.717, 1.165) is 65.4 Å². The fourth-order valence-corrected chi connectivity index (χ4v) is 3.86. The number of aromatic hydroxyl groups is 1. The minimum atomic E-state index is 0.210. The smallest absolute Gasteiger partial charge is 0.160 e. The van der Waals surface area contributed by atoms with Crippen LogP contribution < -0.4 is 10.1 Å². The Morgan fingerprint density at radius 3 is 2.40 bits per heavy atom. The summed E-state index contributed by atoms with van der Waals surface area (Å²) in [5, 5.41) is 13.4. The molecule has 2 saturated heterocycles. The second-order valence-corrected chi connectivity index (χ2v) is 6.97. The molecule has 1 aromatic rings. The molecule has 1 unspecified atom stereocenters. The summed E-state index contributed by atoms with van der Waals surface area (Å²) in [5.74, 6) is 0.773. The van der Waals surface area contributed by atoms with E-state index in [1.807, 2.05) is 12.1 Å². The summed E-state index contributed by atoms with van der Waals surface area (Å²) in [6.07, 6.45) is 0. The number of phenolic OH excluding ortho intramolecular Hbond substituents is 1. The van der Waals surface area contributed by atoms with Gasteiger partial charge >= 0.3 is 0 Å². The number of phenols is 1. The average Bonchev–Trinajstić information content (AvgIpc) is 2.68. The predicted octanol–water partition coefficient (Wildman–Crippen LogP) is 0.985. The van der Waals surface area contributed by atoms with Gasteiger partial charge in [-0.1, -0.05) is 13.0 Å². The van der Waals surface area contributed by atoms with Crippen molar-refractivity contribution in [3.63, 3.8) is 0 Å². The van der Waals surface area contributed by atoms with Crippen LogP contribution in [0.3, 0.4) is 0 Å². The van der Waals surface area contributed by atoms with Crippen molar-refractivity contribution in [2.24, 2.45) is 0 Å². The Kier molecular flexibility index (Phi) is 6.53. The Hall–Kier alpha value is -1.34.